The molecule has 2 heterocycles. The van der Waals surface area contributed by atoms with Gasteiger partial charge in [-0.1, -0.05) is 23.7 Å². The Bertz CT molecular complexity index is 744. The minimum atomic E-state index is -0.0855. The molecule has 3 rings (SSSR count). The Kier molecular flexibility index (Phi) is 6.53. The fourth-order valence-corrected chi connectivity index (χ4v) is 4.56. The van der Waals surface area contributed by atoms with E-state index in [0.29, 0.717) is 5.75 Å². The van der Waals surface area contributed by atoms with Crippen molar-refractivity contribution in [3.8, 4) is 5.75 Å². The maximum Gasteiger partial charge on any atom is 0.282 e. The zero-order chi connectivity index (χ0) is 18.5. The van der Waals surface area contributed by atoms with Crippen LogP contribution in [0.25, 0.3) is 0 Å². The van der Waals surface area contributed by atoms with E-state index >= 15 is 0 Å². The molecule has 140 valence electrons. The molecule has 3 N–H and O–H groups in total. The smallest absolute Gasteiger partial charge is 0.282 e. The number of hydrogen-bond donors (Lipinski definition) is 3. The fraction of sp³-hybridized carbons (Fsp3) is 0.421. The van der Waals surface area contributed by atoms with Crippen molar-refractivity contribution in [2.24, 2.45) is 0 Å². The van der Waals surface area contributed by atoms with Gasteiger partial charge in [0.05, 0.1) is 22.0 Å². The third-order valence-corrected chi connectivity index (χ3v) is 6.25. The highest BCUT2D eigenvalue weighted by atomic mass is 35.5. The summed E-state index contributed by atoms with van der Waals surface area (Å²) >= 11 is 7.68. The molecule has 1 aliphatic rings. The molecule has 1 aromatic heterocycles. The first-order valence-corrected chi connectivity index (χ1v) is 10.1. The standard InChI is InChI=1S/C19H24ClN3O2S/c1-14(19(24)21-16-5-3-4-6-17(16)25-2)23-11-9-22(10-12-23)13-15-7-8-18(20)26-15/h3-8,14H,9-13H2,1-2H3,(H,21,24)/p+2/t14-/m1/s1. The molecule has 1 atom stereocenters. The lowest BCUT2D eigenvalue weighted by Gasteiger charge is -2.32. The number of quaternary nitrogens is 2. The summed E-state index contributed by atoms with van der Waals surface area (Å²) in [6, 6.07) is 11.5. The first-order chi connectivity index (χ1) is 12.6. The van der Waals surface area contributed by atoms with Crippen LogP contribution in [0.3, 0.4) is 0 Å². The minimum Gasteiger partial charge on any atom is -0.495 e. The van der Waals surface area contributed by atoms with Gasteiger partial charge in [-0.25, -0.2) is 0 Å². The number of benzene rings is 1. The monoisotopic (exact) mass is 395 g/mol. The lowest BCUT2D eigenvalue weighted by Crippen LogP contribution is -3.29. The van der Waals surface area contributed by atoms with Gasteiger partial charge in [-0.2, -0.15) is 0 Å². The van der Waals surface area contributed by atoms with Crippen molar-refractivity contribution < 1.29 is 19.3 Å². The molecule has 0 bridgehead atoms. The summed E-state index contributed by atoms with van der Waals surface area (Å²) in [4.78, 5) is 16.9. The van der Waals surface area contributed by atoms with E-state index in [0.717, 1.165) is 42.7 Å². The van der Waals surface area contributed by atoms with Crippen LogP contribution in [0.15, 0.2) is 36.4 Å². The SMILES string of the molecule is COc1ccccc1NC(=O)[C@@H](C)[NH+]1CC[NH+](Cc2ccc(Cl)s2)CC1. The summed E-state index contributed by atoms with van der Waals surface area (Å²) in [5.41, 5.74) is 0.727. The topological polar surface area (TPSA) is 47.2 Å². The van der Waals surface area contributed by atoms with Gasteiger partial charge in [0.15, 0.2) is 6.04 Å². The molecule has 1 saturated heterocycles. The normalized spacial score (nSPS) is 21.2. The summed E-state index contributed by atoms with van der Waals surface area (Å²) in [7, 11) is 1.61. The predicted molar refractivity (Wildman–Crippen MR) is 106 cm³/mol. The molecule has 1 amide bonds. The van der Waals surface area contributed by atoms with Crippen LogP contribution >= 0.6 is 22.9 Å². The molecule has 26 heavy (non-hydrogen) atoms. The van der Waals surface area contributed by atoms with E-state index in [4.69, 9.17) is 16.3 Å². The highest BCUT2D eigenvalue weighted by Gasteiger charge is 2.31. The minimum absolute atomic E-state index is 0.0398. The van der Waals surface area contributed by atoms with Crippen molar-refractivity contribution >= 4 is 34.5 Å². The van der Waals surface area contributed by atoms with Gasteiger partial charge >= 0.3 is 0 Å². The highest BCUT2D eigenvalue weighted by Crippen LogP contribution is 2.23. The molecular weight excluding hydrogens is 370 g/mol. The first-order valence-electron chi connectivity index (χ1n) is 8.93. The van der Waals surface area contributed by atoms with Crippen LogP contribution in [0.5, 0.6) is 5.75 Å². The van der Waals surface area contributed by atoms with Crippen molar-refractivity contribution in [2.45, 2.75) is 19.5 Å². The summed E-state index contributed by atoms with van der Waals surface area (Å²) in [6.45, 7) is 7.15. The molecular formula is C19H26ClN3O2S+2. The van der Waals surface area contributed by atoms with Gasteiger partial charge in [-0.3, -0.25) is 4.79 Å². The molecule has 0 spiro atoms. The lowest BCUT2D eigenvalue weighted by atomic mass is 10.2. The Hall–Kier alpha value is -1.60. The molecule has 0 radical (unpaired) electrons. The molecule has 1 aromatic carbocycles. The molecule has 0 saturated carbocycles. The zero-order valence-electron chi connectivity index (χ0n) is 15.2. The number of halogens is 1. The van der Waals surface area contributed by atoms with Gasteiger partial charge in [0, 0.05) is 0 Å². The van der Waals surface area contributed by atoms with Crippen molar-refractivity contribution in [3.63, 3.8) is 0 Å². The number of anilines is 1. The second-order valence-corrected chi connectivity index (χ2v) is 8.50. The third-order valence-electron chi connectivity index (χ3n) is 5.02. The summed E-state index contributed by atoms with van der Waals surface area (Å²) < 4.78 is 6.16. The van der Waals surface area contributed by atoms with Crippen molar-refractivity contribution in [3.05, 3.63) is 45.6 Å². The highest BCUT2D eigenvalue weighted by molar-refractivity contribution is 7.16. The van der Waals surface area contributed by atoms with Gasteiger partial charge in [0.2, 0.25) is 0 Å². The number of methoxy groups -OCH3 is 1. The van der Waals surface area contributed by atoms with Gasteiger partial charge < -0.3 is 19.9 Å². The molecule has 0 aliphatic carbocycles. The molecule has 2 aromatic rings. The number of carbonyl (C=O) groups excluding carboxylic acids is 1. The van der Waals surface area contributed by atoms with Crippen LogP contribution in [0.1, 0.15) is 11.8 Å². The fourth-order valence-electron chi connectivity index (χ4n) is 3.40. The van der Waals surface area contributed by atoms with Crippen molar-refractivity contribution in [1.29, 1.82) is 0 Å². The van der Waals surface area contributed by atoms with Crippen LogP contribution in [-0.2, 0) is 11.3 Å². The Balaban J connectivity index is 1.51. The van der Waals surface area contributed by atoms with Crippen LogP contribution in [0, 0.1) is 0 Å². The number of rotatable bonds is 6. The molecule has 5 nitrogen and oxygen atoms in total. The van der Waals surface area contributed by atoms with Crippen LogP contribution in [0.2, 0.25) is 4.34 Å². The number of thiophene rings is 1. The summed E-state index contributed by atoms with van der Waals surface area (Å²) in [5.74, 6) is 0.727. The Morgan fingerprint density at radius 1 is 1.23 bits per heavy atom. The molecule has 1 fully saturated rings. The average Bonchev–Trinajstić information content (AvgIpc) is 3.07. The quantitative estimate of drug-likeness (QED) is 0.675. The third kappa shape index (κ3) is 4.76. The zero-order valence-corrected chi connectivity index (χ0v) is 16.8. The predicted octanol–water partition coefficient (Wildman–Crippen LogP) is 0.721. The number of piperazine rings is 1. The van der Waals surface area contributed by atoms with E-state index < -0.39 is 0 Å². The number of ether oxygens (including phenoxy) is 1. The number of para-hydroxylation sites is 2. The van der Waals surface area contributed by atoms with Crippen molar-refractivity contribution in [1.82, 2.24) is 0 Å². The van der Waals surface area contributed by atoms with Gasteiger partial charge in [0.1, 0.15) is 38.5 Å². The van der Waals surface area contributed by atoms with E-state index in [2.05, 4.69) is 11.4 Å². The maximum absolute atomic E-state index is 12.6. The number of amides is 1. The Morgan fingerprint density at radius 2 is 1.96 bits per heavy atom. The second-order valence-electron chi connectivity index (χ2n) is 6.70. The van der Waals surface area contributed by atoms with E-state index in [9.17, 15) is 4.79 Å². The van der Waals surface area contributed by atoms with E-state index in [1.807, 2.05) is 37.3 Å². The molecule has 1 aliphatic heterocycles. The van der Waals surface area contributed by atoms with Gasteiger partial charge in [0.25, 0.3) is 5.91 Å². The Labute approximate surface area is 163 Å². The van der Waals surface area contributed by atoms with E-state index in [-0.39, 0.29) is 11.9 Å². The summed E-state index contributed by atoms with van der Waals surface area (Å²) in [5, 5.41) is 3.01. The summed E-state index contributed by atoms with van der Waals surface area (Å²) in [6.07, 6.45) is 0. The average molecular weight is 396 g/mol. The number of carbonyl (C=O) groups is 1. The maximum atomic E-state index is 12.6. The molecule has 0 unspecified atom stereocenters. The van der Waals surface area contributed by atoms with Crippen LogP contribution < -0.4 is 19.9 Å². The van der Waals surface area contributed by atoms with E-state index in [1.165, 1.54) is 9.78 Å². The molecule has 7 heteroatoms. The van der Waals surface area contributed by atoms with Crippen LogP contribution in [-0.4, -0.2) is 45.2 Å². The number of nitrogens with one attached hydrogen (secondary N) is 3. The number of hydrogen-bond acceptors (Lipinski definition) is 3. The van der Waals surface area contributed by atoms with Crippen molar-refractivity contribution in [2.75, 3.05) is 38.6 Å². The second kappa shape index (κ2) is 8.86. The van der Waals surface area contributed by atoms with Crippen LogP contribution in [0.4, 0.5) is 5.69 Å². The largest absolute Gasteiger partial charge is 0.495 e. The Morgan fingerprint density at radius 3 is 2.62 bits per heavy atom. The van der Waals surface area contributed by atoms with Gasteiger partial charge in [-0.05, 0) is 31.2 Å². The van der Waals surface area contributed by atoms with Gasteiger partial charge in [-0.15, -0.1) is 11.3 Å². The lowest BCUT2D eigenvalue weighted by molar-refractivity contribution is -1.02. The first kappa shape index (κ1) is 19.2. The van der Waals surface area contributed by atoms with E-state index in [1.54, 1.807) is 23.3 Å².